The zero-order valence-corrected chi connectivity index (χ0v) is 23.0. The van der Waals surface area contributed by atoms with Crippen LogP contribution in [0, 0.1) is 0 Å². The summed E-state index contributed by atoms with van der Waals surface area (Å²) in [5.41, 5.74) is 2.36. The van der Waals surface area contributed by atoms with Crippen LogP contribution in [0.4, 0.5) is 5.69 Å². The van der Waals surface area contributed by atoms with E-state index in [4.69, 9.17) is 38.4 Å². The number of carboxylic acids is 1. The summed E-state index contributed by atoms with van der Waals surface area (Å²) >= 11 is 12.6. The summed E-state index contributed by atoms with van der Waals surface area (Å²) in [5.74, 6) is -1.00. The van der Waals surface area contributed by atoms with Crippen LogP contribution in [-0.2, 0) is 25.5 Å². The first-order chi connectivity index (χ1) is 18.7. The van der Waals surface area contributed by atoms with E-state index in [2.05, 4.69) is 5.32 Å². The smallest absolute Gasteiger partial charge is 0.328 e. The number of nitrogens with one attached hydrogen (secondary N) is 1. The Balaban J connectivity index is 1.41. The summed E-state index contributed by atoms with van der Waals surface area (Å²) in [6.07, 6.45) is 2.02. The molecule has 1 amide bonds. The normalized spacial score (nSPS) is 14.8. The number of hydrogen-bond acceptors (Lipinski definition) is 8. The molecule has 1 atom stereocenters. The van der Waals surface area contributed by atoms with Crippen molar-refractivity contribution >= 4 is 69.5 Å². The number of carbonyl (C=O) groups is 3. The van der Waals surface area contributed by atoms with E-state index in [9.17, 15) is 14.4 Å². The molecule has 0 aromatic heterocycles. The molecule has 1 saturated heterocycles. The summed E-state index contributed by atoms with van der Waals surface area (Å²) < 4.78 is 11.1. The number of halogens is 1. The summed E-state index contributed by atoms with van der Waals surface area (Å²) in [6.45, 7) is -0.485. The van der Waals surface area contributed by atoms with Crippen molar-refractivity contribution in [2.75, 3.05) is 19.0 Å². The average Bonchev–Trinajstić information content (AvgIpc) is 3.17. The van der Waals surface area contributed by atoms with Crippen molar-refractivity contribution < 1.29 is 29.0 Å². The van der Waals surface area contributed by atoms with Gasteiger partial charge in [-0.25, -0.2) is 4.79 Å². The first-order valence-electron chi connectivity index (χ1n) is 11.7. The molecule has 0 saturated carbocycles. The first-order valence-corrected chi connectivity index (χ1v) is 13.3. The van der Waals surface area contributed by atoms with Crippen molar-refractivity contribution in [3.8, 4) is 11.5 Å². The lowest BCUT2D eigenvalue weighted by molar-refractivity contribution is -0.141. The minimum absolute atomic E-state index is 0.192. The fourth-order valence-electron chi connectivity index (χ4n) is 3.74. The molecule has 1 aliphatic rings. The quantitative estimate of drug-likeness (QED) is 0.179. The Morgan fingerprint density at radius 2 is 1.85 bits per heavy atom. The Kier molecular flexibility index (Phi) is 9.23. The third-order valence-electron chi connectivity index (χ3n) is 5.61. The van der Waals surface area contributed by atoms with E-state index in [-0.39, 0.29) is 10.3 Å². The van der Waals surface area contributed by atoms with Gasteiger partial charge in [0.05, 0.1) is 17.0 Å². The number of carbonyl (C=O) groups excluding carboxylic acids is 2. The van der Waals surface area contributed by atoms with Crippen LogP contribution in [0.25, 0.3) is 6.08 Å². The Labute approximate surface area is 239 Å². The van der Waals surface area contributed by atoms with Gasteiger partial charge in [0.25, 0.3) is 5.91 Å². The molecule has 0 radical (unpaired) electrons. The van der Waals surface area contributed by atoms with E-state index in [0.717, 1.165) is 27.9 Å². The highest BCUT2D eigenvalue weighted by atomic mass is 35.5. The molecule has 8 nitrogen and oxygen atoms in total. The zero-order chi connectivity index (χ0) is 27.9. The van der Waals surface area contributed by atoms with Gasteiger partial charge in [0.1, 0.15) is 28.4 Å². The summed E-state index contributed by atoms with van der Waals surface area (Å²) in [4.78, 5) is 37.1. The maximum atomic E-state index is 12.5. The maximum absolute atomic E-state index is 12.5. The van der Waals surface area contributed by atoms with Gasteiger partial charge in [0.15, 0.2) is 0 Å². The number of thiocarbonyl (C=S) groups is 1. The van der Waals surface area contributed by atoms with Crippen LogP contribution in [-0.4, -0.2) is 51.9 Å². The molecule has 200 valence electrons. The lowest BCUT2D eigenvalue weighted by Gasteiger charge is -2.18. The van der Waals surface area contributed by atoms with E-state index in [1.165, 1.54) is 7.11 Å². The topological polar surface area (TPSA) is 105 Å². The van der Waals surface area contributed by atoms with Crippen LogP contribution in [0.15, 0.2) is 77.7 Å². The highest BCUT2D eigenvalue weighted by molar-refractivity contribution is 8.26. The van der Waals surface area contributed by atoms with Crippen LogP contribution >= 0.6 is 35.6 Å². The van der Waals surface area contributed by atoms with Crippen molar-refractivity contribution in [3.05, 3.63) is 93.9 Å². The van der Waals surface area contributed by atoms with Gasteiger partial charge in [-0.15, -0.1) is 0 Å². The Morgan fingerprint density at radius 3 is 2.49 bits per heavy atom. The van der Waals surface area contributed by atoms with Gasteiger partial charge >= 0.3 is 11.9 Å². The number of benzene rings is 3. The predicted molar refractivity (Wildman–Crippen MR) is 155 cm³/mol. The van der Waals surface area contributed by atoms with E-state index < -0.39 is 24.5 Å². The molecule has 0 spiro atoms. The molecule has 3 aromatic carbocycles. The number of amides is 1. The van der Waals surface area contributed by atoms with Gasteiger partial charge in [-0.2, -0.15) is 0 Å². The average molecular weight is 583 g/mol. The molecule has 3 aromatic rings. The van der Waals surface area contributed by atoms with E-state index in [1.54, 1.807) is 36.4 Å². The lowest BCUT2D eigenvalue weighted by Crippen LogP contribution is -2.33. The number of carboxylic acid groups (broad SMARTS) is 1. The van der Waals surface area contributed by atoms with Crippen LogP contribution in [0.3, 0.4) is 0 Å². The van der Waals surface area contributed by atoms with Gasteiger partial charge < -0.3 is 19.9 Å². The number of methoxy groups -OCH3 is 1. The molecule has 0 aliphatic carbocycles. The monoisotopic (exact) mass is 582 g/mol. The number of ether oxygens (including phenoxy) is 2. The second kappa shape index (κ2) is 12.8. The Morgan fingerprint density at radius 1 is 1.13 bits per heavy atom. The molecule has 1 heterocycles. The maximum Gasteiger partial charge on any atom is 0.328 e. The second-order valence-corrected chi connectivity index (χ2v) is 10.5. The van der Waals surface area contributed by atoms with Crippen molar-refractivity contribution in [2.45, 2.75) is 12.5 Å². The number of hydrogen-bond donors (Lipinski definition) is 2. The van der Waals surface area contributed by atoms with Crippen molar-refractivity contribution in [3.63, 3.8) is 0 Å². The van der Waals surface area contributed by atoms with Crippen LogP contribution in [0.1, 0.15) is 11.1 Å². The molecular weight excluding hydrogens is 560 g/mol. The highest BCUT2D eigenvalue weighted by Gasteiger charge is 2.33. The number of aliphatic carboxylic acids is 1. The molecule has 1 fully saturated rings. The number of anilines is 1. The number of rotatable bonds is 10. The van der Waals surface area contributed by atoms with E-state index in [1.807, 2.05) is 42.5 Å². The fourth-order valence-corrected chi connectivity index (χ4v) is 5.22. The molecule has 1 aliphatic heterocycles. The zero-order valence-electron chi connectivity index (χ0n) is 20.6. The number of para-hydroxylation sites is 1. The van der Waals surface area contributed by atoms with Gasteiger partial charge in [0.2, 0.25) is 0 Å². The fraction of sp³-hybridized carbons (Fsp3) is 0.143. The molecular formula is C28H23ClN2O6S2. The van der Waals surface area contributed by atoms with Crippen molar-refractivity contribution in [1.29, 1.82) is 0 Å². The van der Waals surface area contributed by atoms with E-state index in [0.29, 0.717) is 33.4 Å². The molecule has 11 heteroatoms. The Bertz CT molecular complexity index is 1430. The number of esters is 1. The Hall–Kier alpha value is -3.86. The standard InChI is InChI=1S/C28H23ClN2O6S2/c1-36-27(35)22(30-19-5-3-2-4-6-19)14-17-7-10-20(11-8-17)37-23-12-9-18(13-21(23)29)15-24-26(34)31(16-25(32)33)28(38)39-24/h2-13,15,22,30H,14,16H2,1H3,(H,32,33)/t22-/m0/s1. The third-order valence-corrected chi connectivity index (χ3v) is 7.29. The number of thioether (sulfide) groups is 1. The first kappa shape index (κ1) is 28.2. The van der Waals surface area contributed by atoms with Gasteiger partial charge in [-0.05, 0) is 53.6 Å². The summed E-state index contributed by atoms with van der Waals surface area (Å²) in [6, 6.07) is 21.2. The molecule has 39 heavy (non-hydrogen) atoms. The van der Waals surface area contributed by atoms with Crippen molar-refractivity contribution in [1.82, 2.24) is 4.90 Å². The molecule has 0 bridgehead atoms. The second-order valence-electron chi connectivity index (χ2n) is 8.39. The van der Waals surface area contributed by atoms with Crippen LogP contribution < -0.4 is 10.1 Å². The third kappa shape index (κ3) is 7.38. The summed E-state index contributed by atoms with van der Waals surface area (Å²) in [7, 11) is 1.36. The van der Waals surface area contributed by atoms with Gasteiger partial charge in [-0.1, -0.05) is 72.0 Å². The predicted octanol–water partition coefficient (Wildman–Crippen LogP) is 5.61. The SMILES string of the molecule is COC(=O)[C@H](Cc1ccc(Oc2ccc(C=C3SC(=S)N(CC(=O)O)C3=O)cc2Cl)cc1)Nc1ccccc1. The molecule has 2 N–H and O–H groups in total. The van der Waals surface area contributed by atoms with Crippen LogP contribution in [0.2, 0.25) is 5.02 Å². The lowest BCUT2D eigenvalue weighted by atomic mass is 10.1. The minimum atomic E-state index is -1.14. The molecule has 0 unspecified atom stereocenters. The van der Waals surface area contributed by atoms with Gasteiger partial charge in [0, 0.05) is 12.1 Å². The van der Waals surface area contributed by atoms with Crippen LogP contribution in [0.5, 0.6) is 11.5 Å². The largest absolute Gasteiger partial charge is 0.480 e. The van der Waals surface area contributed by atoms with Crippen molar-refractivity contribution in [2.24, 2.45) is 0 Å². The molecule has 4 rings (SSSR count). The highest BCUT2D eigenvalue weighted by Crippen LogP contribution is 2.35. The summed E-state index contributed by atoms with van der Waals surface area (Å²) in [5, 5.41) is 12.5. The number of nitrogens with zero attached hydrogens (tertiary/aromatic N) is 1. The van der Waals surface area contributed by atoms with Gasteiger partial charge in [-0.3, -0.25) is 14.5 Å². The minimum Gasteiger partial charge on any atom is -0.480 e. The van der Waals surface area contributed by atoms with E-state index >= 15 is 0 Å².